The van der Waals surface area contributed by atoms with Crippen LogP contribution in [0, 0.1) is 0 Å². The Morgan fingerprint density at radius 1 is 1.29 bits per heavy atom. The fourth-order valence-corrected chi connectivity index (χ4v) is 1.99. The monoisotopic (exact) mass is 331 g/mol. The van der Waals surface area contributed by atoms with Crippen molar-refractivity contribution in [1.82, 2.24) is 20.9 Å². The summed E-state index contributed by atoms with van der Waals surface area (Å²) < 4.78 is 0. The molecule has 0 radical (unpaired) electrons. The second-order valence-electron chi connectivity index (χ2n) is 5.62. The van der Waals surface area contributed by atoms with Gasteiger partial charge in [0.1, 0.15) is 0 Å². The van der Waals surface area contributed by atoms with Crippen molar-refractivity contribution in [2.45, 2.75) is 13.5 Å². The van der Waals surface area contributed by atoms with Crippen molar-refractivity contribution in [3.05, 3.63) is 48.0 Å². The molecule has 0 fully saturated rings. The van der Waals surface area contributed by atoms with Crippen LogP contribution in [0.15, 0.2) is 41.9 Å². The maximum absolute atomic E-state index is 12.2. The number of amides is 1. The average Bonchev–Trinajstić information content (AvgIpc) is 2.57. The van der Waals surface area contributed by atoms with Gasteiger partial charge in [0.25, 0.3) is 5.91 Å². The van der Waals surface area contributed by atoms with Crippen molar-refractivity contribution in [1.29, 1.82) is 0 Å². The van der Waals surface area contributed by atoms with Gasteiger partial charge < -0.3 is 20.9 Å². The molecule has 0 aromatic heterocycles. The fourth-order valence-electron chi connectivity index (χ4n) is 1.99. The quantitative estimate of drug-likeness (QED) is 0.362. The third kappa shape index (κ3) is 7.78. The first-order valence-electron chi connectivity index (χ1n) is 8.21. The molecular weight excluding hydrogens is 302 g/mol. The van der Waals surface area contributed by atoms with Crippen LogP contribution in [0.2, 0.25) is 0 Å². The number of benzene rings is 1. The van der Waals surface area contributed by atoms with Gasteiger partial charge in [-0.15, -0.1) is 6.58 Å². The molecule has 0 heterocycles. The Balaban J connectivity index is 2.66. The van der Waals surface area contributed by atoms with Gasteiger partial charge in [-0.1, -0.05) is 18.2 Å². The Bertz CT molecular complexity index is 554. The lowest BCUT2D eigenvalue weighted by atomic mass is 10.1. The van der Waals surface area contributed by atoms with Crippen LogP contribution >= 0.6 is 0 Å². The predicted octanol–water partition coefficient (Wildman–Crippen LogP) is 1.22. The summed E-state index contributed by atoms with van der Waals surface area (Å²) in [7, 11) is 3.96. The number of rotatable bonds is 9. The molecule has 1 aromatic rings. The summed E-state index contributed by atoms with van der Waals surface area (Å²) in [5.41, 5.74) is 1.65. The fraction of sp³-hybridized carbons (Fsp3) is 0.444. The number of carbonyl (C=O) groups excluding carboxylic acids is 1. The molecule has 1 rings (SSSR count). The van der Waals surface area contributed by atoms with Crippen LogP contribution in [-0.4, -0.2) is 57.0 Å². The number of nitrogens with one attached hydrogen (secondary N) is 3. The molecule has 6 heteroatoms. The largest absolute Gasteiger partial charge is 0.357 e. The van der Waals surface area contributed by atoms with Gasteiger partial charge in [0.05, 0.1) is 6.54 Å². The highest BCUT2D eigenvalue weighted by Crippen LogP contribution is 2.06. The Morgan fingerprint density at radius 2 is 2.08 bits per heavy atom. The molecule has 0 saturated heterocycles. The molecule has 0 aliphatic carbocycles. The number of hydrogen-bond donors (Lipinski definition) is 3. The number of hydrogen-bond acceptors (Lipinski definition) is 3. The first-order valence-corrected chi connectivity index (χ1v) is 8.21. The SMILES string of the molecule is C=CCNC(=NCc1cccc(C(=O)NCCN(C)C)c1)NCC. The van der Waals surface area contributed by atoms with E-state index >= 15 is 0 Å². The van der Waals surface area contributed by atoms with Crippen LogP contribution in [0.25, 0.3) is 0 Å². The Labute approximate surface area is 145 Å². The van der Waals surface area contributed by atoms with E-state index in [1.807, 2.05) is 50.2 Å². The van der Waals surface area contributed by atoms with E-state index in [1.165, 1.54) is 0 Å². The van der Waals surface area contributed by atoms with Gasteiger partial charge in [0.2, 0.25) is 0 Å². The molecule has 6 nitrogen and oxygen atoms in total. The third-order valence-electron chi connectivity index (χ3n) is 3.21. The third-order valence-corrected chi connectivity index (χ3v) is 3.21. The molecule has 0 aliphatic rings. The van der Waals surface area contributed by atoms with Crippen LogP contribution in [0.5, 0.6) is 0 Å². The van der Waals surface area contributed by atoms with Gasteiger partial charge in [-0.3, -0.25) is 4.79 Å². The molecule has 0 unspecified atom stereocenters. The molecule has 0 saturated carbocycles. The van der Waals surface area contributed by atoms with Crippen molar-refractivity contribution in [2.75, 3.05) is 40.3 Å². The normalized spacial score (nSPS) is 11.2. The zero-order valence-corrected chi connectivity index (χ0v) is 14.9. The van der Waals surface area contributed by atoms with E-state index < -0.39 is 0 Å². The van der Waals surface area contributed by atoms with Gasteiger partial charge in [-0.05, 0) is 38.7 Å². The van der Waals surface area contributed by atoms with Gasteiger partial charge in [-0.2, -0.15) is 0 Å². The minimum Gasteiger partial charge on any atom is -0.357 e. The summed E-state index contributed by atoms with van der Waals surface area (Å²) in [6.45, 7) is 9.09. The Kier molecular flexibility index (Phi) is 9.23. The Hall–Kier alpha value is -2.34. The minimum atomic E-state index is -0.0561. The molecule has 132 valence electrons. The smallest absolute Gasteiger partial charge is 0.251 e. The number of likely N-dealkylation sites (N-methyl/N-ethyl adjacent to an activating group) is 1. The van der Waals surface area contributed by atoms with E-state index in [9.17, 15) is 4.79 Å². The van der Waals surface area contributed by atoms with Gasteiger partial charge in [0.15, 0.2) is 5.96 Å². The highest BCUT2D eigenvalue weighted by atomic mass is 16.1. The summed E-state index contributed by atoms with van der Waals surface area (Å²) in [6, 6.07) is 7.55. The summed E-state index contributed by atoms with van der Waals surface area (Å²) in [5, 5.41) is 9.24. The second-order valence-corrected chi connectivity index (χ2v) is 5.62. The van der Waals surface area contributed by atoms with Crippen LogP contribution < -0.4 is 16.0 Å². The van der Waals surface area contributed by atoms with Gasteiger partial charge in [0, 0.05) is 31.7 Å². The topological polar surface area (TPSA) is 68.8 Å². The Morgan fingerprint density at radius 3 is 2.75 bits per heavy atom. The minimum absolute atomic E-state index is 0.0561. The van der Waals surface area contributed by atoms with Gasteiger partial charge in [-0.25, -0.2) is 4.99 Å². The van der Waals surface area contributed by atoms with E-state index in [-0.39, 0.29) is 5.91 Å². The van der Waals surface area contributed by atoms with Crippen molar-refractivity contribution in [2.24, 2.45) is 4.99 Å². The highest BCUT2D eigenvalue weighted by Gasteiger charge is 2.06. The molecule has 0 spiro atoms. The molecule has 24 heavy (non-hydrogen) atoms. The maximum Gasteiger partial charge on any atom is 0.251 e. The number of carbonyl (C=O) groups is 1. The molecule has 3 N–H and O–H groups in total. The van der Waals surface area contributed by atoms with Crippen LogP contribution in [0.4, 0.5) is 0 Å². The molecular formula is C18H29N5O. The molecule has 0 atom stereocenters. The van der Waals surface area contributed by atoms with E-state index in [0.29, 0.717) is 25.2 Å². The molecule has 0 aliphatic heterocycles. The van der Waals surface area contributed by atoms with Crippen molar-refractivity contribution < 1.29 is 4.79 Å². The second kappa shape index (κ2) is 11.2. The van der Waals surface area contributed by atoms with Crippen LogP contribution in [-0.2, 0) is 6.54 Å². The standard InChI is InChI=1S/C18H29N5O/c1-5-10-21-18(19-6-2)22-14-15-8-7-9-16(13-15)17(24)20-11-12-23(3)4/h5,7-9,13H,1,6,10-12,14H2,2-4H3,(H,20,24)(H2,19,21,22). The zero-order chi connectivity index (χ0) is 17.8. The van der Waals surface area contributed by atoms with E-state index in [4.69, 9.17) is 0 Å². The zero-order valence-electron chi connectivity index (χ0n) is 14.9. The first-order chi connectivity index (χ1) is 11.6. The van der Waals surface area contributed by atoms with Crippen molar-refractivity contribution in [3.8, 4) is 0 Å². The summed E-state index contributed by atoms with van der Waals surface area (Å²) in [4.78, 5) is 18.7. The van der Waals surface area contributed by atoms with Crippen LogP contribution in [0.3, 0.4) is 0 Å². The number of guanidine groups is 1. The lowest BCUT2D eigenvalue weighted by Gasteiger charge is -2.11. The maximum atomic E-state index is 12.2. The molecule has 1 amide bonds. The van der Waals surface area contributed by atoms with Crippen molar-refractivity contribution in [3.63, 3.8) is 0 Å². The van der Waals surface area contributed by atoms with Crippen LogP contribution in [0.1, 0.15) is 22.8 Å². The van der Waals surface area contributed by atoms with Crippen molar-refractivity contribution >= 4 is 11.9 Å². The number of aliphatic imine (C=N–C) groups is 1. The highest BCUT2D eigenvalue weighted by molar-refractivity contribution is 5.94. The molecule has 1 aromatic carbocycles. The predicted molar refractivity (Wildman–Crippen MR) is 100 cm³/mol. The lowest BCUT2D eigenvalue weighted by Crippen LogP contribution is -2.37. The summed E-state index contributed by atoms with van der Waals surface area (Å²) in [5.74, 6) is 0.678. The van der Waals surface area contributed by atoms with E-state index in [2.05, 4.69) is 27.5 Å². The lowest BCUT2D eigenvalue weighted by molar-refractivity contribution is 0.0951. The van der Waals surface area contributed by atoms with Gasteiger partial charge >= 0.3 is 0 Å². The number of nitrogens with zero attached hydrogens (tertiary/aromatic N) is 2. The first kappa shape index (κ1) is 19.7. The average molecular weight is 331 g/mol. The van der Waals surface area contributed by atoms with E-state index in [0.717, 1.165) is 24.6 Å². The molecule has 0 bridgehead atoms. The summed E-state index contributed by atoms with van der Waals surface area (Å²) >= 11 is 0. The summed E-state index contributed by atoms with van der Waals surface area (Å²) in [6.07, 6.45) is 1.78. The van der Waals surface area contributed by atoms with E-state index in [1.54, 1.807) is 6.08 Å².